The number of fused-ring (bicyclic) bond motifs is 1. The second kappa shape index (κ2) is 7.02. The first kappa shape index (κ1) is 15.9. The van der Waals surface area contributed by atoms with Crippen molar-refractivity contribution >= 4 is 23.2 Å². The number of hydrogen-bond acceptors (Lipinski definition) is 5. The van der Waals surface area contributed by atoms with Crippen molar-refractivity contribution in [1.82, 2.24) is 5.32 Å². The zero-order chi connectivity index (χ0) is 16.1. The van der Waals surface area contributed by atoms with E-state index in [0.717, 1.165) is 0 Å². The molecule has 7 nitrogen and oxygen atoms in total. The molecule has 22 heavy (non-hydrogen) atoms. The van der Waals surface area contributed by atoms with Gasteiger partial charge in [0.25, 0.3) is 0 Å². The van der Waals surface area contributed by atoms with E-state index in [0.29, 0.717) is 35.7 Å². The molecule has 0 atom stereocenters. The van der Waals surface area contributed by atoms with Crippen molar-refractivity contribution in [3.05, 3.63) is 12.1 Å². The van der Waals surface area contributed by atoms with Gasteiger partial charge in [0.05, 0.1) is 11.4 Å². The third-order valence-corrected chi connectivity index (χ3v) is 3.08. The predicted molar refractivity (Wildman–Crippen MR) is 82.7 cm³/mol. The van der Waals surface area contributed by atoms with E-state index >= 15 is 0 Å². The van der Waals surface area contributed by atoms with Crippen LogP contribution in [0.5, 0.6) is 11.5 Å². The second-order valence-electron chi connectivity index (χ2n) is 5.42. The quantitative estimate of drug-likeness (QED) is 0.693. The van der Waals surface area contributed by atoms with E-state index < -0.39 is 0 Å². The smallest absolute Gasteiger partial charge is 0.231 e. The molecule has 0 aliphatic carbocycles. The van der Waals surface area contributed by atoms with Crippen molar-refractivity contribution in [2.75, 3.05) is 17.8 Å². The highest BCUT2D eigenvalue weighted by Crippen LogP contribution is 2.38. The van der Waals surface area contributed by atoms with Crippen LogP contribution in [0.25, 0.3) is 0 Å². The summed E-state index contributed by atoms with van der Waals surface area (Å²) in [5.74, 6) is 0.884. The molecule has 4 N–H and O–H groups in total. The maximum absolute atomic E-state index is 11.9. The van der Waals surface area contributed by atoms with E-state index in [-0.39, 0.29) is 31.1 Å². The van der Waals surface area contributed by atoms with Gasteiger partial charge in [0.1, 0.15) is 0 Å². The van der Waals surface area contributed by atoms with Gasteiger partial charge in [-0.05, 0) is 20.3 Å². The van der Waals surface area contributed by atoms with Crippen LogP contribution >= 0.6 is 0 Å². The Morgan fingerprint density at radius 2 is 1.82 bits per heavy atom. The molecule has 0 radical (unpaired) electrons. The van der Waals surface area contributed by atoms with Crippen LogP contribution in [0.1, 0.15) is 33.1 Å². The first-order valence-corrected chi connectivity index (χ1v) is 7.24. The number of carbonyl (C=O) groups is 2. The van der Waals surface area contributed by atoms with E-state index in [1.54, 1.807) is 12.1 Å². The number of ether oxygens (including phenoxy) is 2. The molecule has 1 aromatic carbocycles. The lowest BCUT2D eigenvalue weighted by atomic mass is 10.2. The Bertz CT molecular complexity index is 572. The lowest BCUT2D eigenvalue weighted by Crippen LogP contribution is -2.30. The maximum Gasteiger partial charge on any atom is 0.231 e. The summed E-state index contributed by atoms with van der Waals surface area (Å²) in [7, 11) is 0. The molecule has 0 saturated carbocycles. The fraction of sp³-hybridized carbons (Fsp3) is 0.467. The molecule has 0 spiro atoms. The van der Waals surface area contributed by atoms with Crippen LogP contribution in [0, 0.1) is 0 Å². The van der Waals surface area contributed by atoms with Gasteiger partial charge in [-0.2, -0.15) is 0 Å². The molecule has 0 fully saturated rings. The van der Waals surface area contributed by atoms with Crippen molar-refractivity contribution in [3.8, 4) is 11.5 Å². The number of nitrogen functional groups attached to an aromatic ring is 1. The Balaban J connectivity index is 1.81. The van der Waals surface area contributed by atoms with Crippen molar-refractivity contribution < 1.29 is 19.1 Å². The minimum absolute atomic E-state index is 0.0506. The van der Waals surface area contributed by atoms with Crippen molar-refractivity contribution in [2.24, 2.45) is 0 Å². The van der Waals surface area contributed by atoms with Crippen molar-refractivity contribution in [2.45, 2.75) is 39.2 Å². The molecule has 0 aromatic heterocycles. The summed E-state index contributed by atoms with van der Waals surface area (Å²) >= 11 is 0. The normalized spacial score (nSPS) is 12.3. The van der Waals surface area contributed by atoms with Crippen LogP contribution in [0.2, 0.25) is 0 Å². The largest absolute Gasteiger partial charge is 0.454 e. The van der Waals surface area contributed by atoms with Crippen molar-refractivity contribution in [1.29, 1.82) is 0 Å². The number of rotatable bonds is 6. The molecule has 7 heteroatoms. The summed E-state index contributed by atoms with van der Waals surface area (Å²) in [6.45, 7) is 3.94. The molecule has 1 aliphatic heterocycles. The van der Waals surface area contributed by atoms with Crippen LogP contribution in [-0.4, -0.2) is 24.6 Å². The van der Waals surface area contributed by atoms with Crippen LogP contribution < -0.4 is 25.8 Å². The average molecular weight is 307 g/mol. The van der Waals surface area contributed by atoms with E-state index in [1.165, 1.54) is 0 Å². The minimum atomic E-state index is -0.192. The maximum atomic E-state index is 11.9. The van der Waals surface area contributed by atoms with Crippen LogP contribution in [0.3, 0.4) is 0 Å². The first-order chi connectivity index (χ1) is 10.5. The lowest BCUT2D eigenvalue weighted by Gasteiger charge is -2.10. The highest BCUT2D eigenvalue weighted by atomic mass is 16.7. The third kappa shape index (κ3) is 4.28. The molecular formula is C15H21N3O4. The van der Waals surface area contributed by atoms with Gasteiger partial charge in [0.15, 0.2) is 11.5 Å². The van der Waals surface area contributed by atoms with Crippen LogP contribution in [-0.2, 0) is 9.59 Å². The zero-order valence-corrected chi connectivity index (χ0v) is 12.8. The highest BCUT2D eigenvalue weighted by Gasteiger charge is 2.17. The minimum Gasteiger partial charge on any atom is -0.454 e. The van der Waals surface area contributed by atoms with E-state index in [4.69, 9.17) is 15.2 Å². The first-order valence-electron chi connectivity index (χ1n) is 7.24. The molecule has 2 rings (SSSR count). The molecular weight excluding hydrogens is 286 g/mol. The number of nitrogens with one attached hydrogen (secondary N) is 2. The number of hydrogen-bond donors (Lipinski definition) is 3. The lowest BCUT2D eigenvalue weighted by molar-refractivity contribution is -0.121. The van der Waals surface area contributed by atoms with Gasteiger partial charge in [-0.3, -0.25) is 9.59 Å². The van der Waals surface area contributed by atoms with Gasteiger partial charge >= 0.3 is 0 Å². The number of nitrogens with two attached hydrogens (primary N) is 1. The van der Waals surface area contributed by atoms with Gasteiger partial charge in [0.2, 0.25) is 18.6 Å². The molecule has 120 valence electrons. The summed E-state index contributed by atoms with van der Waals surface area (Å²) in [5, 5.41) is 5.51. The third-order valence-electron chi connectivity index (χ3n) is 3.08. The Labute approximate surface area is 129 Å². The van der Waals surface area contributed by atoms with Gasteiger partial charge in [0, 0.05) is 31.0 Å². The molecule has 1 aromatic rings. The molecule has 2 amide bonds. The summed E-state index contributed by atoms with van der Waals surface area (Å²) in [5.41, 5.74) is 6.76. The van der Waals surface area contributed by atoms with Gasteiger partial charge in [-0.25, -0.2) is 0 Å². The summed E-state index contributed by atoms with van der Waals surface area (Å²) in [6, 6.07) is 3.37. The standard InChI is InChI=1S/C15H21N3O4/c1-9(2)17-14(19)4-3-5-15(20)18-11-7-13-12(6-10(11)16)21-8-22-13/h6-7,9H,3-5,8,16H2,1-2H3,(H,17,19)(H,18,20). The van der Waals surface area contributed by atoms with E-state index in [2.05, 4.69) is 10.6 Å². The monoisotopic (exact) mass is 307 g/mol. The SMILES string of the molecule is CC(C)NC(=O)CCCC(=O)Nc1cc2c(cc1N)OCO2. The number of benzene rings is 1. The molecule has 0 bridgehead atoms. The predicted octanol–water partition coefficient (Wildman–Crippen LogP) is 1.63. The fourth-order valence-corrected chi connectivity index (χ4v) is 2.08. The van der Waals surface area contributed by atoms with Gasteiger partial charge in [-0.15, -0.1) is 0 Å². The highest BCUT2D eigenvalue weighted by molar-refractivity contribution is 5.94. The van der Waals surface area contributed by atoms with Gasteiger partial charge < -0.3 is 25.8 Å². The molecule has 1 aliphatic rings. The second-order valence-corrected chi connectivity index (χ2v) is 5.42. The number of carbonyl (C=O) groups excluding carboxylic acids is 2. The summed E-state index contributed by atoms with van der Waals surface area (Å²) < 4.78 is 10.4. The topological polar surface area (TPSA) is 103 Å². The fourth-order valence-electron chi connectivity index (χ4n) is 2.08. The summed E-state index contributed by atoms with van der Waals surface area (Å²) in [6.07, 6.45) is 1.05. The Hall–Kier alpha value is -2.44. The average Bonchev–Trinajstić information content (AvgIpc) is 2.85. The molecule has 0 unspecified atom stereocenters. The van der Waals surface area contributed by atoms with Crippen LogP contribution in [0.4, 0.5) is 11.4 Å². The molecule has 1 heterocycles. The van der Waals surface area contributed by atoms with E-state index in [9.17, 15) is 9.59 Å². The summed E-state index contributed by atoms with van der Waals surface area (Å²) in [4.78, 5) is 23.4. The Morgan fingerprint density at radius 3 is 2.50 bits per heavy atom. The zero-order valence-electron chi connectivity index (χ0n) is 12.8. The Morgan fingerprint density at radius 1 is 1.18 bits per heavy atom. The van der Waals surface area contributed by atoms with E-state index in [1.807, 2.05) is 13.8 Å². The van der Waals surface area contributed by atoms with Crippen LogP contribution in [0.15, 0.2) is 12.1 Å². The van der Waals surface area contributed by atoms with Gasteiger partial charge in [-0.1, -0.05) is 0 Å². The molecule has 0 saturated heterocycles. The number of anilines is 2. The Kier molecular flexibility index (Phi) is 5.08. The van der Waals surface area contributed by atoms with Crippen molar-refractivity contribution in [3.63, 3.8) is 0 Å². The number of amides is 2.